The lowest BCUT2D eigenvalue weighted by molar-refractivity contribution is -0.146. The van der Waals surface area contributed by atoms with Crippen molar-refractivity contribution in [1.82, 2.24) is 9.13 Å². The van der Waals surface area contributed by atoms with E-state index < -0.39 is 28.9 Å². The smallest absolute Gasteiger partial charge is 0.333 e. The Balaban J connectivity index is 2.33. The number of carboxylic acid groups (broad SMARTS) is 1. The summed E-state index contributed by atoms with van der Waals surface area (Å²) in [5.41, 5.74) is -1.43. The third-order valence-electron chi connectivity index (χ3n) is 5.19. The zero-order valence-corrected chi connectivity index (χ0v) is 20.4. The van der Waals surface area contributed by atoms with Crippen molar-refractivity contribution >= 4 is 43.5 Å². The molecule has 31 heavy (non-hydrogen) atoms. The molecule has 1 atom stereocenters. The van der Waals surface area contributed by atoms with Crippen molar-refractivity contribution in [3.8, 4) is 0 Å². The largest absolute Gasteiger partial charge is 0.480 e. The molecule has 7 nitrogen and oxygen atoms in total. The number of carbonyl (C=O) groups is 1. The highest BCUT2D eigenvalue weighted by Gasteiger charge is 2.35. The molecule has 0 fully saturated rings. The number of aromatic nitrogens is 2. The van der Waals surface area contributed by atoms with E-state index in [0.717, 1.165) is 13.9 Å². The second-order valence-corrected chi connectivity index (χ2v) is 10.5. The summed E-state index contributed by atoms with van der Waals surface area (Å²) in [5.74, 6) is -1.26. The molecular weight excluding hydrogens is 484 g/mol. The van der Waals surface area contributed by atoms with Gasteiger partial charge in [-0.2, -0.15) is 0 Å². The van der Waals surface area contributed by atoms with Crippen molar-refractivity contribution in [3.05, 3.63) is 66.1 Å². The van der Waals surface area contributed by atoms with Crippen LogP contribution in [0.25, 0.3) is 10.2 Å². The van der Waals surface area contributed by atoms with E-state index in [0.29, 0.717) is 15.8 Å². The van der Waals surface area contributed by atoms with Crippen LogP contribution < -0.4 is 11.2 Å². The molecule has 0 bridgehead atoms. The third kappa shape index (κ3) is 4.26. The van der Waals surface area contributed by atoms with Gasteiger partial charge >= 0.3 is 11.7 Å². The van der Waals surface area contributed by atoms with Crippen LogP contribution in [0.5, 0.6) is 0 Å². The molecule has 0 aliphatic heterocycles. The molecule has 0 spiro atoms. The second kappa shape index (κ2) is 8.72. The van der Waals surface area contributed by atoms with Gasteiger partial charge in [0.1, 0.15) is 16.5 Å². The Kier molecular flexibility index (Phi) is 6.59. The molecule has 2 aromatic heterocycles. The number of ether oxygens (including phenoxy) is 1. The topological polar surface area (TPSA) is 90.5 Å². The Bertz CT molecular complexity index is 1240. The summed E-state index contributed by atoms with van der Waals surface area (Å²) in [6.45, 7) is 8.44. The fraction of sp³-hybridized carbons (Fsp3) is 0.409. The normalized spacial score (nSPS) is 13.1. The van der Waals surface area contributed by atoms with Gasteiger partial charge in [0.2, 0.25) is 0 Å². The van der Waals surface area contributed by atoms with Gasteiger partial charge in [0, 0.05) is 0 Å². The number of halogens is 1. The first-order valence-corrected chi connectivity index (χ1v) is 11.5. The second-order valence-electron chi connectivity index (χ2n) is 8.16. The minimum absolute atomic E-state index is 0.102. The minimum atomic E-state index is -1.72. The van der Waals surface area contributed by atoms with E-state index in [-0.39, 0.29) is 12.6 Å². The third-order valence-corrected chi connectivity index (χ3v) is 7.38. The van der Waals surface area contributed by atoms with Crippen LogP contribution in [0.2, 0.25) is 0 Å². The molecule has 0 radical (unpaired) electrons. The van der Waals surface area contributed by atoms with Crippen molar-refractivity contribution in [2.75, 3.05) is 0 Å². The van der Waals surface area contributed by atoms with Crippen LogP contribution in [0.3, 0.4) is 0 Å². The molecule has 1 unspecified atom stereocenters. The fourth-order valence-electron chi connectivity index (χ4n) is 3.46. The van der Waals surface area contributed by atoms with Crippen LogP contribution in [-0.4, -0.2) is 26.3 Å². The Labute approximate surface area is 192 Å². The van der Waals surface area contributed by atoms with E-state index >= 15 is 0 Å². The first-order valence-electron chi connectivity index (χ1n) is 9.85. The molecule has 1 aromatic carbocycles. The van der Waals surface area contributed by atoms with E-state index in [1.54, 1.807) is 6.92 Å². The summed E-state index contributed by atoms with van der Waals surface area (Å²) in [6.07, 6.45) is -0.559. The zero-order chi connectivity index (χ0) is 23.1. The molecule has 2 heterocycles. The number of benzene rings is 1. The van der Waals surface area contributed by atoms with Gasteiger partial charge in [-0.05, 0) is 61.7 Å². The van der Waals surface area contributed by atoms with Crippen molar-refractivity contribution in [1.29, 1.82) is 0 Å². The highest BCUT2D eigenvalue weighted by atomic mass is 79.9. The Morgan fingerprint density at radius 3 is 2.39 bits per heavy atom. The Morgan fingerprint density at radius 2 is 1.84 bits per heavy atom. The highest BCUT2D eigenvalue weighted by molar-refractivity contribution is 9.11. The maximum absolute atomic E-state index is 13.5. The van der Waals surface area contributed by atoms with Crippen molar-refractivity contribution in [2.45, 2.75) is 58.9 Å². The molecule has 0 aliphatic rings. The summed E-state index contributed by atoms with van der Waals surface area (Å²) in [7, 11) is 0. The molecule has 0 saturated heterocycles. The summed E-state index contributed by atoms with van der Waals surface area (Å²) in [6, 6.07) is 9.52. The van der Waals surface area contributed by atoms with Gasteiger partial charge in [0.25, 0.3) is 5.56 Å². The number of carboxylic acids is 1. The SMILES string of the molecule is Cc1c(Br)sc2c1c(=O)n(C(C)(C)C(=O)O)c(=O)n2CC(OC(C)C)c1ccccc1. The molecule has 0 saturated carbocycles. The number of thiophene rings is 1. The summed E-state index contributed by atoms with van der Waals surface area (Å²) >= 11 is 4.75. The fourth-order valence-corrected chi connectivity index (χ4v) is 5.15. The van der Waals surface area contributed by atoms with Crippen LogP contribution in [0.1, 0.15) is 44.9 Å². The van der Waals surface area contributed by atoms with Crippen LogP contribution in [-0.2, 0) is 21.6 Å². The Morgan fingerprint density at radius 1 is 1.23 bits per heavy atom. The van der Waals surface area contributed by atoms with Gasteiger partial charge in [-0.3, -0.25) is 9.36 Å². The quantitative estimate of drug-likeness (QED) is 0.514. The maximum atomic E-state index is 13.5. The van der Waals surface area contributed by atoms with E-state index in [4.69, 9.17) is 4.74 Å². The maximum Gasteiger partial charge on any atom is 0.333 e. The van der Waals surface area contributed by atoms with E-state index in [2.05, 4.69) is 15.9 Å². The first kappa shape index (κ1) is 23.4. The number of hydrogen-bond acceptors (Lipinski definition) is 5. The van der Waals surface area contributed by atoms with Gasteiger partial charge in [-0.25, -0.2) is 14.2 Å². The van der Waals surface area contributed by atoms with Gasteiger partial charge < -0.3 is 9.84 Å². The first-order chi connectivity index (χ1) is 14.5. The number of fused-ring (bicyclic) bond motifs is 1. The lowest BCUT2D eigenvalue weighted by Gasteiger charge is -2.26. The van der Waals surface area contributed by atoms with E-state index in [1.807, 2.05) is 44.2 Å². The summed E-state index contributed by atoms with van der Waals surface area (Å²) < 4.78 is 9.13. The predicted octanol–water partition coefficient (Wildman–Crippen LogP) is 4.28. The summed E-state index contributed by atoms with van der Waals surface area (Å²) in [4.78, 5) is 39.2. The lowest BCUT2D eigenvalue weighted by Crippen LogP contribution is -2.52. The Hall–Kier alpha value is -2.23. The number of aliphatic carboxylic acids is 1. The molecule has 3 aromatic rings. The molecule has 0 amide bonds. The number of rotatable bonds is 7. The highest BCUT2D eigenvalue weighted by Crippen LogP contribution is 2.34. The van der Waals surface area contributed by atoms with E-state index in [1.165, 1.54) is 29.8 Å². The van der Waals surface area contributed by atoms with Crippen LogP contribution >= 0.6 is 27.3 Å². The average Bonchev–Trinajstić information content (AvgIpc) is 2.99. The van der Waals surface area contributed by atoms with Gasteiger partial charge in [-0.1, -0.05) is 30.3 Å². The molecule has 1 N–H and O–H groups in total. The molecule has 0 aliphatic carbocycles. The van der Waals surface area contributed by atoms with Gasteiger partial charge in [-0.15, -0.1) is 11.3 Å². The molecule has 3 rings (SSSR count). The van der Waals surface area contributed by atoms with Crippen LogP contribution in [0, 0.1) is 6.92 Å². The minimum Gasteiger partial charge on any atom is -0.480 e. The number of hydrogen-bond donors (Lipinski definition) is 1. The van der Waals surface area contributed by atoms with Gasteiger partial charge in [0.05, 0.1) is 21.8 Å². The average molecular weight is 509 g/mol. The van der Waals surface area contributed by atoms with Gasteiger partial charge in [0.15, 0.2) is 0 Å². The van der Waals surface area contributed by atoms with Crippen molar-refractivity contribution in [2.24, 2.45) is 0 Å². The number of nitrogens with zero attached hydrogens (tertiary/aromatic N) is 2. The monoisotopic (exact) mass is 508 g/mol. The molecule has 9 heteroatoms. The number of aryl methyl sites for hydroxylation is 1. The van der Waals surface area contributed by atoms with Crippen molar-refractivity contribution < 1.29 is 14.6 Å². The van der Waals surface area contributed by atoms with Crippen molar-refractivity contribution in [3.63, 3.8) is 0 Å². The van der Waals surface area contributed by atoms with E-state index in [9.17, 15) is 19.5 Å². The molecular formula is C22H25BrN2O5S. The molecule has 166 valence electrons. The summed E-state index contributed by atoms with van der Waals surface area (Å²) in [5, 5.41) is 10.1. The standard InChI is InChI=1S/C22H25BrN2O5S/c1-12(2)30-15(14-9-7-6-8-10-14)11-24-19-16(13(3)17(23)31-19)18(26)25(21(24)29)22(4,5)20(27)28/h6-10,12,15H,11H2,1-5H3,(H,27,28). The van der Waals surface area contributed by atoms with Crippen LogP contribution in [0.15, 0.2) is 43.7 Å². The lowest BCUT2D eigenvalue weighted by atomic mass is 10.1. The van der Waals surface area contributed by atoms with Crippen LogP contribution in [0.4, 0.5) is 0 Å². The predicted molar refractivity (Wildman–Crippen MR) is 125 cm³/mol. The zero-order valence-electron chi connectivity index (χ0n) is 18.0.